The number of nitrogens with zero attached hydrogens (tertiary/aromatic N) is 2. The molecule has 0 spiro atoms. The Hall–Kier alpha value is -1.64. The minimum Gasteiger partial charge on any atom is -0.475 e. The summed E-state index contributed by atoms with van der Waals surface area (Å²) >= 11 is 1.96. The molecule has 0 atom stereocenters. The molecule has 20 heavy (non-hydrogen) atoms. The lowest BCUT2D eigenvalue weighted by molar-refractivity contribution is 0.230. The van der Waals surface area contributed by atoms with Crippen molar-refractivity contribution < 1.29 is 4.74 Å². The molecule has 0 aliphatic carbocycles. The Morgan fingerprint density at radius 3 is 3.00 bits per heavy atom. The van der Waals surface area contributed by atoms with Gasteiger partial charge in [-0.15, -0.1) is 0 Å². The van der Waals surface area contributed by atoms with E-state index in [1.54, 1.807) is 6.20 Å². The van der Waals surface area contributed by atoms with Crippen LogP contribution in [0.5, 0.6) is 5.88 Å². The van der Waals surface area contributed by atoms with E-state index in [9.17, 15) is 4.79 Å². The van der Waals surface area contributed by atoms with Crippen molar-refractivity contribution in [3.63, 3.8) is 0 Å². The number of rotatable bonds is 5. The third-order valence-corrected chi connectivity index (χ3v) is 3.44. The average Bonchev–Trinajstić information content (AvgIpc) is 2.41. The molecule has 2 aromatic rings. The zero-order chi connectivity index (χ0) is 14.5. The van der Waals surface area contributed by atoms with Crippen molar-refractivity contribution >= 4 is 28.4 Å². The van der Waals surface area contributed by atoms with Gasteiger partial charge in [-0.25, -0.2) is 9.97 Å². The summed E-state index contributed by atoms with van der Waals surface area (Å²) in [6, 6.07) is 3.78. The summed E-state index contributed by atoms with van der Waals surface area (Å²) in [6.07, 6.45) is 3.12. The van der Waals surface area contributed by atoms with E-state index in [1.807, 2.05) is 48.6 Å². The number of ether oxygens (including phenoxy) is 1. The van der Waals surface area contributed by atoms with Gasteiger partial charge in [0.25, 0.3) is 5.56 Å². The second kappa shape index (κ2) is 6.69. The molecule has 2 rings (SSSR count). The van der Waals surface area contributed by atoms with Crippen molar-refractivity contribution in [3.8, 4) is 5.88 Å². The minimum absolute atomic E-state index is 0.0569. The summed E-state index contributed by atoms with van der Waals surface area (Å²) in [5.74, 6) is 1.14. The Morgan fingerprint density at radius 2 is 2.25 bits per heavy atom. The molecule has 0 bridgehead atoms. The van der Waals surface area contributed by atoms with Crippen molar-refractivity contribution in [1.29, 1.82) is 0 Å². The molecule has 2 heterocycles. The number of aromatic nitrogens is 3. The number of anilines is 1. The highest BCUT2D eigenvalue weighted by atomic mass is 127. The summed E-state index contributed by atoms with van der Waals surface area (Å²) in [5.41, 5.74) is 0.757. The third-order valence-electron chi connectivity index (χ3n) is 2.44. The maximum absolute atomic E-state index is 11.5. The topological polar surface area (TPSA) is 79.9 Å². The molecule has 6 nitrogen and oxygen atoms in total. The van der Waals surface area contributed by atoms with E-state index in [2.05, 4.69) is 20.3 Å². The molecular formula is C13H15IN4O2. The standard InChI is InChI=1S/C13H15IN4O2/c1-8(2)20-13-9(4-3-5-15-13)6-16-11-10(14)12(19)18-7-17-11/h3-5,7-8H,6H2,1-2H3,(H2,16,17,18,19). The van der Waals surface area contributed by atoms with E-state index in [0.29, 0.717) is 21.8 Å². The van der Waals surface area contributed by atoms with E-state index in [1.165, 1.54) is 6.33 Å². The zero-order valence-corrected chi connectivity index (χ0v) is 13.3. The van der Waals surface area contributed by atoms with Crippen LogP contribution in [-0.4, -0.2) is 21.1 Å². The number of hydrogen-bond acceptors (Lipinski definition) is 5. The predicted molar refractivity (Wildman–Crippen MR) is 84.9 cm³/mol. The quantitative estimate of drug-likeness (QED) is 0.771. The van der Waals surface area contributed by atoms with Crippen LogP contribution in [0.15, 0.2) is 29.5 Å². The number of nitrogens with one attached hydrogen (secondary N) is 2. The average molecular weight is 386 g/mol. The Kier molecular flexibility index (Phi) is 4.94. The van der Waals surface area contributed by atoms with Gasteiger partial charge >= 0.3 is 0 Å². The Bertz CT molecular complexity index is 642. The highest BCUT2D eigenvalue weighted by Crippen LogP contribution is 2.18. The Morgan fingerprint density at radius 1 is 1.45 bits per heavy atom. The van der Waals surface area contributed by atoms with Gasteiger partial charge in [-0.3, -0.25) is 4.79 Å². The van der Waals surface area contributed by atoms with Gasteiger partial charge in [0.15, 0.2) is 0 Å². The van der Waals surface area contributed by atoms with Gasteiger partial charge in [0, 0.05) is 18.3 Å². The van der Waals surface area contributed by atoms with E-state index >= 15 is 0 Å². The summed E-state index contributed by atoms with van der Waals surface area (Å²) in [7, 11) is 0. The van der Waals surface area contributed by atoms with Gasteiger partial charge in [-0.2, -0.15) is 0 Å². The van der Waals surface area contributed by atoms with Gasteiger partial charge < -0.3 is 15.0 Å². The van der Waals surface area contributed by atoms with E-state index < -0.39 is 0 Å². The first-order chi connectivity index (χ1) is 9.58. The van der Waals surface area contributed by atoms with Gasteiger partial charge in [-0.05, 0) is 42.5 Å². The molecular weight excluding hydrogens is 371 g/mol. The molecule has 2 N–H and O–H groups in total. The largest absolute Gasteiger partial charge is 0.475 e. The normalized spacial score (nSPS) is 10.6. The molecule has 0 saturated carbocycles. The smallest absolute Gasteiger partial charge is 0.266 e. The van der Waals surface area contributed by atoms with E-state index in [0.717, 1.165) is 5.56 Å². The predicted octanol–water partition coefficient (Wildman–Crippen LogP) is 2.17. The molecule has 0 radical (unpaired) electrons. The molecule has 2 aromatic heterocycles. The Balaban J connectivity index is 2.15. The lowest BCUT2D eigenvalue weighted by Crippen LogP contribution is -2.15. The van der Waals surface area contributed by atoms with Crippen LogP contribution < -0.4 is 15.6 Å². The number of aromatic amines is 1. The molecule has 0 unspecified atom stereocenters. The first-order valence-electron chi connectivity index (χ1n) is 6.15. The van der Waals surface area contributed by atoms with Gasteiger partial charge in [0.2, 0.25) is 5.88 Å². The first-order valence-corrected chi connectivity index (χ1v) is 7.23. The van der Waals surface area contributed by atoms with Crippen LogP contribution in [0, 0.1) is 3.57 Å². The maximum Gasteiger partial charge on any atom is 0.266 e. The van der Waals surface area contributed by atoms with Crippen molar-refractivity contribution in [2.24, 2.45) is 0 Å². The van der Waals surface area contributed by atoms with Crippen molar-refractivity contribution in [2.45, 2.75) is 26.5 Å². The van der Waals surface area contributed by atoms with Crippen molar-refractivity contribution in [3.05, 3.63) is 44.1 Å². The number of hydrogen-bond donors (Lipinski definition) is 2. The lowest BCUT2D eigenvalue weighted by Gasteiger charge is -2.13. The van der Waals surface area contributed by atoms with Crippen LogP contribution >= 0.6 is 22.6 Å². The van der Waals surface area contributed by atoms with E-state index in [4.69, 9.17) is 4.74 Å². The summed E-state index contributed by atoms with van der Waals surface area (Å²) in [6.45, 7) is 4.39. The highest BCUT2D eigenvalue weighted by molar-refractivity contribution is 14.1. The van der Waals surface area contributed by atoms with Gasteiger partial charge in [-0.1, -0.05) is 6.07 Å². The van der Waals surface area contributed by atoms with Crippen LogP contribution in [0.4, 0.5) is 5.82 Å². The number of halogens is 1. The molecule has 0 fully saturated rings. The van der Waals surface area contributed by atoms with Crippen LogP contribution in [0.25, 0.3) is 0 Å². The molecule has 0 aliphatic heterocycles. The fourth-order valence-electron chi connectivity index (χ4n) is 1.57. The fraction of sp³-hybridized carbons (Fsp3) is 0.308. The second-order valence-corrected chi connectivity index (χ2v) is 5.46. The maximum atomic E-state index is 11.5. The highest BCUT2D eigenvalue weighted by Gasteiger charge is 2.09. The van der Waals surface area contributed by atoms with Crippen molar-refractivity contribution in [2.75, 3.05) is 5.32 Å². The van der Waals surface area contributed by atoms with E-state index in [-0.39, 0.29) is 11.7 Å². The number of H-pyrrole nitrogens is 1. The summed E-state index contributed by atoms with van der Waals surface area (Å²) in [4.78, 5) is 22.3. The monoisotopic (exact) mass is 386 g/mol. The lowest BCUT2D eigenvalue weighted by atomic mass is 10.2. The van der Waals surface area contributed by atoms with Crippen LogP contribution in [0.3, 0.4) is 0 Å². The molecule has 0 saturated heterocycles. The van der Waals surface area contributed by atoms with Crippen LogP contribution in [-0.2, 0) is 6.54 Å². The first kappa shape index (κ1) is 14.8. The minimum atomic E-state index is -0.159. The van der Waals surface area contributed by atoms with Crippen molar-refractivity contribution in [1.82, 2.24) is 15.0 Å². The molecule has 0 aliphatic rings. The molecule has 0 amide bonds. The van der Waals surface area contributed by atoms with Crippen LogP contribution in [0.1, 0.15) is 19.4 Å². The summed E-state index contributed by atoms with van der Waals surface area (Å²) < 4.78 is 6.17. The van der Waals surface area contributed by atoms with Gasteiger partial charge in [0.1, 0.15) is 9.39 Å². The van der Waals surface area contributed by atoms with Crippen LogP contribution in [0.2, 0.25) is 0 Å². The molecule has 106 valence electrons. The SMILES string of the molecule is CC(C)Oc1ncccc1CNc1nc[nH]c(=O)c1I. The molecule has 0 aromatic carbocycles. The summed E-state index contributed by atoms with van der Waals surface area (Å²) in [5, 5.41) is 3.13. The third kappa shape index (κ3) is 3.69. The second-order valence-electron chi connectivity index (χ2n) is 4.38. The zero-order valence-electron chi connectivity index (χ0n) is 11.2. The number of pyridine rings is 1. The fourth-order valence-corrected chi connectivity index (χ4v) is 2.06. The van der Waals surface area contributed by atoms with Gasteiger partial charge in [0.05, 0.1) is 12.4 Å². The molecule has 7 heteroatoms. The Labute approximate surface area is 130 Å².